The van der Waals surface area contributed by atoms with Gasteiger partial charge in [-0.05, 0) is 23.8 Å². The van der Waals surface area contributed by atoms with Crippen molar-refractivity contribution in [1.82, 2.24) is 15.3 Å². The summed E-state index contributed by atoms with van der Waals surface area (Å²) in [6.07, 6.45) is 0. The molecule has 0 unspecified atom stereocenters. The van der Waals surface area contributed by atoms with E-state index in [-0.39, 0.29) is 17.5 Å². The van der Waals surface area contributed by atoms with E-state index in [1.165, 1.54) is 23.9 Å². The molecule has 1 aromatic heterocycles. The monoisotopic (exact) mass is 403 g/mol. The number of nitrogens with zero attached hydrogens (tertiary/aromatic N) is 2. The largest absolute Gasteiger partial charge is 0.351 e. The molecule has 0 bridgehead atoms. The average Bonchev–Trinajstić information content (AvgIpc) is 2.77. The number of thioether (sulfide) groups is 1. The van der Waals surface area contributed by atoms with Gasteiger partial charge < -0.3 is 5.32 Å². The molecular weight excluding hydrogens is 385 g/mol. The molecule has 1 amide bonds. The van der Waals surface area contributed by atoms with Crippen molar-refractivity contribution in [3.05, 3.63) is 90.2 Å². The van der Waals surface area contributed by atoms with Crippen LogP contribution >= 0.6 is 11.8 Å². The van der Waals surface area contributed by atoms with E-state index in [0.29, 0.717) is 12.4 Å². The summed E-state index contributed by atoms with van der Waals surface area (Å²) in [5, 5.41) is 4.55. The van der Waals surface area contributed by atoms with Crippen LogP contribution in [0, 0.1) is 5.82 Å². The molecule has 1 N–H and O–H groups in total. The number of rotatable bonds is 6. The van der Waals surface area contributed by atoms with E-state index in [9.17, 15) is 9.18 Å². The molecule has 0 saturated heterocycles. The third kappa shape index (κ3) is 4.78. The number of carbonyl (C=O) groups excluding carboxylic acids is 1. The number of hydrogen-bond acceptors (Lipinski definition) is 4. The molecule has 0 aliphatic carbocycles. The Balaban J connectivity index is 1.49. The first-order chi connectivity index (χ1) is 14.2. The zero-order chi connectivity index (χ0) is 20.1. The Bertz CT molecular complexity index is 1130. The molecule has 0 radical (unpaired) electrons. The van der Waals surface area contributed by atoms with E-state index in [2.05, 4.69) is 10.3 Å². The predicted octanol–water partition coefficient (Wildman–Crippen LogP) is 4.84. The smallest absolute Gasteiger partial charge is 0.230 e. The number of fused-ring (bicyclic) bond motifs is 1. The number of carbonyl (C=O) groups is 1. The molecule has 4 rings (SSSR count). The minimum Gasteiger partial charge on any atom is -0.351 e. The van der Waals surface area contributed by atoms with Gasteiger partial charge in [0.1, 0.15) is 10.8 Å². The molecule has 0 aliphatic rings. The predicted molar refractivity (Wildman–Crippen MR) is 114 cm³/mol. The maximum absolute atomic E-state index is 13.0. The Labute approximate surface area is 172 Å². The number of halogens is 1. The van der Waals surface area contributed by atoms with E-state index in [1.807, 2.05) is 54.6 Å². The molecule has 0 aliphatic heterocycles. The standard InChI is InChI=1S/C23H18FN3OS/c24-18-12-10-16(11-13-18)14-25-21(28)15-29-23-19-8-4-5-9-20(19)26-22(27-23)17-6-2-1-3-7-17/h1-13H,14-15H2,(H,25,28). The van der Waals surface area contributed by atoms with Crippen LogP contribution in [0.5, 0.6) is 0 Å². The molecule has 4 aromatic rings. The van der Waals surface area contributed by atoms with Gasteiger partial charge in [0.05, 0.1) is 11.3 Å². The second-order valence-electron chi connectivity index (χ2n) is 6.43. The first-order valence-corrected chi connectivity index (χ1v) is 10.1. The summed E-state index contributed by atoms with van der Waals surface area (Å²) in [5.74, 6) is 0.471. The van der Waals surface area contributed by atoms with Crippen molar-refractivity contribution in [2.75, 3.05) is 5.75 Å². The molecule has 0 spiro atoms. The van der Waals surface area contributed by atoms with Crippen molar-refractivity contribution in [2.24, 2.45) is 0 Å². The van der Waals surface area contributed by atoms with Crippen LogP contribution in [0.2, 0.25) is 0 Å². The number of nitrogens with one attached hydrogen (secondary N) is 1. The molecule has 0 fully saturated rings. The van der Waals surface area contributed by atoms with Crippen LogP contribution in [-0.4, -0.2) is 21.6 Å². The normalized spacial score (nSPS) is 10.8. The Morgan fingerprint density at radius 1 is 0.897 bits per heavy atom. The molecule has 29 heavy (non-hydrogen) atoms. The van der Waals surface area contributed by atoms with Gasteiger partial charge in [0.2, 0.25) is 5.91 Å². The van der Waals surface area contributed by atoms with Gasteiger partial charge in [0, 0.05) is 17.5 Å². The summed E-state index contributed by atoms with van der Waals surface area (Å²) in [7, 11) is 0. The van der Waals surface area contributed by atoms with Gasteiger partial charge in [-0.2, -0.15) is 0 Å². The summed E-state index contributed by atoms with van der Waals surface area (Å²) >= 11 is 1.38. The highest BCUT2D eigenvalue weighted by Crippen LogP contribution is 2.28. The van der Waals surface area contributed by atoms with Gasteiger partial charge in [0.25, 0.3) is 0 Å². The van der Waals surface area contributed by atoms with Gasteiger partial charge in [-0.1, -0.05) is 72.4 Å². The van der Waals surface area contributed by atoms with Crippen LogP contribution in [0.15, 0.2) is 83.9 Å². The maximum atomic E-state index is 13.0. The Kier molecular flexibility index (Phi) is 5.81. The highest BCUT2D eigenvalue weighted by atomic mass is 32.2. The van der Waals surface area contributed by atoms with Crippen molar-refractivity contribution in [3.63, 3.8) is 0 Å². The molecule has 1 heterocycles. The molecule has 0 atom stereocenters. The minimum absolute atomic E-state index is 0.108. The Morgan fingerprint density at radius 2 is 1.62 bits per heavy atom. The van der Waals surface area contributed by atoms with E-state index in [4.69, 9.17) is 4.98 Å². The van der Waals surface area contributed by atoms with Crippen LogP contribution in [0.25, 0.3) is 22.3 Å². The van der Waals surface area contributed by atoms with Crippen molar-refractivity contribution in [3.8, 4) is 11.4 Å². The average molecular weight is 403 g/mol. The fourth-order valence-electron chi connectivity index (χ4n) is 2.86. The highest BCUT2D eigenvalue weighted by Gasteiger charge is 2.11. The van der Waals surface area contributed by atoms with Crippen molar-refractivity contribution >= 4 is 28.6 Å². The van der Waals surface area contributed by atoms with Crippen LogP contribution in [0.3, 0.4) is 0 Å². The van der Waals surface area contributed by atoms with Gasteiger partial charge >= 0.3 is 0 Å². The maximum Gasteiger partial charge on any atom is 0.230 e. The van der Waals surface area contributed by atoms with E-state index in [1.54, 1.807) is 12.1 Å². The van der Waals surface area contributed by atoms with E-state index >= 15 is 0 Å². The SMILES string of the molecule is O=C(CSc1nc(-c2ccccc2)nc2ccccc12)NCc1ccc(F)cc1. The lowest BCUT2D eigenvalue weighted by Crippen LogP contribution is -2.24. The molecular formula is C23H18FN3OS. The summed E-state index contributed by atoms with van der Waals surface area (Å²) in [6, 6.07) is 23.6. The van der Waals surface area contributed by atoms with Gasteiger partial charge in [-0.25, -0.2) is 14.4 Å². The van der Waals surface area contributed by atoms with Crippen LogP contribution in [0.1, 0.15) is 5.56 Å². The quantitative estimate of drug-likeness (QED) is 0.370. The number of hydrogen-bond donors (Lipinski definition) is 1. The van der Waals surface area contributed by atoms with Crippen LogP contribution < -0.4 is 5.32 Å². The van der Waals surface area contributed by atoms with Gasteiger partial charge in [0.15, 0.2) is 5.82 Å². The third-order valence-electron chi connectivity index (χ3n) is 4.34. The summed E-state index contributed by atoms with van der Waals surface area (Å²) in [4.78, 5) is 21.7. The van der Waals surface area contributed by atoms with E-state index in [0.717, 1.165) is 27.1 Å². The second-order valence-corrected chi connectivity index (χ2v) is 7.39. The van der Waals surface area contributed by atoms with E-state index < -0.39 is 0 Å². The van der Waals surface area contributed by atoms with Crippen molar-refractivity contribution < 1.29 is 9.18 Å². The molecule has 6 heteroatoms. The lowest BCUT2D eigenvalue weighted by molar-refractivity contribution is -0.118. The summed E-state index contributed by atoms with van der Waals surface area (Å²) < 4.78 is 13.0. The van der Waals surface area contributed by atoms with Crippen molar-refractivity contribution in [1.29, 1.82) is 0 Å². The zero-order valence-electron chi connectivity index (χ0n) is 15.5. The molecule has 0 saturated carbocycles. The molecule has 3 aromatic carbocycles. The number of benzene rings is 3. The lowest BCUT2D eigenvalue weighted by atomic mass is 10.2. The summed E-state index contributed by atoms with van der Waals surface area (Å²) in [5.41, 5.74) is 2.63. The topological polar surface area (TPSA) is 54.9 Å². The number of aromatic nitrogens is 2. The fraction of sp³-hybridized carbons (Fsp3) is 0.0870. The van der Waals surface area contributed by atoms with Crippen molar-refractivity contribution in [2.45, 2.75) is 11.6 Å². The number of para-hydroxylation sites is 1. The lowest BCUT2D eigenvalue weighted by Gasteiger charge is -2.09. The number of amides is 1. The fourth-order valence-corrected chi connectivity index (χ4v) is 3.71. The Hall–Kier alpha value is -3.25. The summed E-state index contributed by atoms with van der Waals surface area (Å²) in [6.45, 7) is 0.361. The second kappa shape index (κ2) is 8.84. The van der Waals surface area contributed by atoms with Crippen LogP contribution in [-0.2, 0) is 11.3 Å². The minimum atomic E-state index is -0.291. The van der Waals surface area contributed by atoms with Gasteiger partial charge in [-0.3, -0.25) is 4.79 Å². The first kappa shape index (κ1) is 19.1. The van der Waals surface area contributed by atoms with Crippen LogP contribution in [0.4, 0.5) is 4.39 Å². The molecule has 4 nitrogen and oxygen atoms in total. The zero-order valence-corrected chi connectivity index (χ0v) is 16.3. The molecule has 144 valence electrons. The van der Waals surface area contributed by atoms with Gasteiger partial charge in [-0.15, -0.1) is 0 Å². The highest BCUT2D eigenvalue weighted by molar-refractivity contribution is 8.00. The Morgan fingerprint density at radius 3 is 2.41 bits per heavy atom. The first-order valence-electron chi connectivity index (χ1n) is 9.15. The third-order valence-corrected chi connectivity index (χ3v) is 5.33.